The van der Waals surface area contributed by atoms with Crippen molar-refractivity contribution in [2.45, 2.75) is 70.6 Å². The lowest BCUT2D eigenvalue weighted by Crippen LogP contribution is -2.50. The first-order valence-corrected chi connectivity index (χ1v) is 10.8. The number of nitrogens with one attached hydrogen (secondary N) is 2. The molecular weight excluding hydrogens is 360 g/mol. The summed E-state index contributed by atoms with van der Waals surface area (Å²) in [7, 11) is 0. The summed E-state index contributed by atoms with van der Waals surface area (Å²) in [6.07, 6.45) is 2.52. The second-order valence-electron chi connectivity index (χ2n) is 7.86. The maximum absolute atomic E-state index is 12.4. The third kappa shape index (κ3) is 8.00. The summed E-state index contributed by atoms with van der Waals surface area (Å²) in [5.74, 6) is 0.123. The first-order chi connectivity index (χ1) is 14.0. The Balaban J connectivity index is 1.91. The molecule has 4 nitrogen and oxygen atoms in total. The monoisotopic (exact) mass is 396 g/mol. The van der Waals surface area contributed by atoms with Crippen LogP contribution in [0, 0.1) is 0 Å². The van der Waals surface area contributed by atoms with Crippen molar-refractivity contribution >= 4 is 5.91 Å². The standard InChI is InChI=1S/C25H36N2O2/c1-4-22(5-2)27-23(17-20-12-8-6-9-13-20)24(28)18-26-25(29)16-19(3)21-14-10-7-11-15-21/h6-15,19,22-24,27-28H,4-5,16-18H2,1-3H3,(H,26,29)/t19?,23?,24-/m1/s1. The molecule has 158 valence electrons. The minimum Gasteiger partial charge on any atom is -0.390 e. The summed E-state index contributed by atoms with van der Waals surface area (Å²) >= 11 is 0. The van der Waals surface area contributed by atoms with E-state index in [1.165, 1.54) is 5.56 Å². The average molecular weight is 397 g/mol. The van der Waals surface area contributed by atoms with Crippen LogP contribution in [0.4, 0.5) is 0 Å². The van der Waals surface area contributed by atoms with Gasteiger partial charge in [0.2, 0.25) is 5.91 Å². The van der Waals surface area contributed by atoms with Crippen LogP contribution in [-0.2, 0) is 11.2 Å². The topological polar surface area (TPSA) is 61.4 Å². The van der Waals surface area contributed by atoms with Crippen molar-refractivity contribution in [3.63, 3.8) is 0 Å². The van der Waals surface area contributed by atoms with Crippen molar-refractivity contribution in [3.8, 4) is 0 Å². The molecule has 0 aliphatic carbocycles. The van der Waals surface area contributed by atoms with Crippen LogP contribution in [0.15, 0.2) is 60.7 Å². The highest BCUT2D eigenvalue weighted by molar-refractivity contribution is 5.76. The Morgan fingerprint density at radius 1 is 0.966 bits per heavy atom. The van der Waals surface area contributed by atoms with Crippen molar-refractivity contribution in [1.82, 2.24) is 10.6 Å². The van der Waals surface area contributed by atoms with Crippen LogP contribution in [0.1, 0.15) is 57.1 Å². The smallest absolute Gasteiger partial charge is 0.220 e. The average Bonchev–Trinajstić information content (AvgIpc) is 2.76. The van der Waals surface area contributed by atoms with Gasteiger partial charge < -0.3 is 15.7 Å². The number of aliphatic hydroxyl groups excluding tert-OH is 1. The minimum absolute atomic E-state index is 0.0265. The summed E-state index contributed by atoms with van der Waals surface area (Å²) in [5, 5.41) is 17.4. The molecule has 0 radical (unpaired) electrons. The van der Waals surface area contributed by atoms with Crippen LogP contribution in [0.3, 0.4) is 0 Å². The molecule has 0 aliphatic heterocycles. The molecule has 0 saturated heterocycles. The Labute approximate surface area is 175 Å². The molecule has 0 aromatic heterocycles. The van der Waals surface area contributed by atoms with Gasteiger partial charge in [-0.2, -0.15) is 0 Å². The Morgan fingerprint density at radius 3 is 2.14 bits per heavy atom. The van der Waals surface area contributed by atoms with Crippen LogP contribution < -0.4 is 10.6 Å². The molecule has 2 aromatic rings. The lowest BCUT2D eigenvalue weighted by molar-refractivity contribution is -0.121. The number of amides is 1. The Kier molecular flexibility index (Phi) is 9.89. The van der Waals surface area contributed by atoms with Crippen molar-refractivity contribution in [1.29, 1.82) is 0 Å². The van der Waals surface area contributed by atoms with Gasteiger partial charge in [-0.25, -0.2) is 0 Å². The largest absolute Gasteiger partial charge is 0.390 e. The van der Waals surface area contributed by atoms with Crippen LogP contribution in [-0.4, -0.2) is 35.7 Å². The molecule has 2 unspecified atom stereocenters. The van der Waals surface area contributed by atoms with Crippen LogP contribution in [0.5, 0.6) is 0 Å². The van der Waals surface area contributed by atoms with E-state index in [1.54, 1.807) is 0 Å². The summed E-state index contributed by atoms with van der Waals surface area (Å²) in [6, 6.07) is 20.5. The summed E-state index contributed by atoms with van der Waals surface area (Å²) in [5.41, 5.74) is 2.33. The molecule has 1 amide bonds. The number of carbonyl (C=O) groups is 1. The number of aliphatic hydroxyl groups is 1. The molecule has 0 fully saturated rings. The summed E-state index contributed by atoms with van der Waals surface area (Å²) in [4.78, 5) is 12.4. The van der Waals surface area contributed by atoms with Gasteiger partial charge in [-0.05, 0) is 36.3 Å². The second-order valence-corrected chi connectivity index (χ2v) is 7.86. The van der Waals surface area contributed by atoms with Crippen molar-refractivity contribution in [2.75, 3.05) is 6.54 Å². The number of carbonyl (C=O) groups excluding carboxylic acids is 1. The maximum atomic E-state index is 12.4. The van der Waals surface area contributed by atoms with E-state index >= 15 is 0 Å². The number of hydrogen-bond acceptors (Lipinski definition) is 3. The van der Waals surface area contributed by atoms with E-state index in [1.807, 2.05) is 48.5 Å². The minimum atomic E-state index is -0.646. The van der Waals surface area contributed by atoms with E-state index in [4.69, 9.17) is 0 Å². The van der Waals surface area contributed by atoms with E-state index in [2.05, 4.69) is 43.5 Å². The zero-order valence-electron chi connectivity index (χ0n) is 18.0. The predicted octanol–water partition coefficient (Wildman–Crippen LogP) is 4.05. The molecule has 29 heavy (non-hydrogen) atoms. The molecule has 4 heteroatoms. The molecule has 0 aliphatic rings. The van der Waals surface area contributed by atoms with E-state index in [-0.39, 0.29) is 24.4 Å². The number of rotatable bonds is 12. The molecule has 3 N–H and O–H groups in total. The fraction of sp³-hybridized carbons (Fsp3) is 0.480. The SMILES string of the molecule is CCC(CC)NC(Cc1ccccc1)[C@H](O)CNC(=O)CC(C)c1ccccc1. The highest BCUT2D eigenvalue weighted by Crippen LogP contribution is 2.18. The first kappa shape index (κ1) is 23.1. The highest BCUT2D eigenvalue weighted by atomic mass is 16.3. The quantitative estimate of drug-likeness (QED) is 0.507. The van der Waals surface area contributed by atoms with Gasteiger partial charge >= 0.3 is 0 Å². The van der Waals surface area contributed by atoms with Crippen LogP contribution in [0.2, 0.25) is 0 Å². The molecular formula is C25H36N2O2. The van der Waals surface area contributed by atoms with Gasteiger partial charge in [-0.3, -0.25) is 4.79 Å². The maximum Gasteiger partial charge on any atom is 0.220 e. The normalized spacial score (nSPS) is 14.4. The molecule has 2 aromatic carbocycles. The Bertz CT molecular complexity index is 701. The van der Waals surface area contributed by atoms with Crippen molar-refractivity contribution < 1.29 is 9.90 Å². The van der Waals surface area contributed by atoms with Gasteiger partial charge in [0.1, 0.15) is 0 Å². The fourth-order valence-corrected chi connectivity index (χ4v) is 3.61. The van der Waals surface area contributed by atoms with Gasteiger partial charge in [-0.1, -0.05) is 81.4 Å². The van der Waals surface area contributed by atoms with Gasteiger partial charge in [0, 0.05) is 25.0 Å². The van der Waals surface area contributed by atoms with E-state index < -0.39 is 6.10 Å². The lowest BCUT2D eigenvalue weighted by atomic mass is 9.97. The zero-order valence-corrected chi connectivity index (χ0v) is 18.0. The van der Waals surface area contributed by atoms with E-state index in [9.17, 15) is 9.90 Å². The van der Waals surface area contributed by atoms with Gasteiger partial charge in [0.05, 0.1) is 6.10 Å². The zero-order chi connectivity index (χ0) is 21.1. The number of benzene rings is 2. The van der Waals surface area contributed by atoms with Crippen molar-refractivity contribution in [2.24, 2.45) is 0 Å². The molecule has 0 bridgehead atoms. The number of hydrogen-bond donors (Lipinski definition) is 3. The van der Waals surface area contributed by atoms with Gasteiger partial charge in [-0.15, -0.1) is 0 Å². The Morgan fingerprint density at radius 2 is 1.55 bits per heavy atom. The fourth-order valence-electron chi connectivity index (χ4n) is 3.61. The second kappa shape index (κ2) is 12.4. The van der Waals surface area contributed by atoms with Gasteiger partial charge in [0.15, 0.2) is 0 Å². The van der Waals surface area contributed by atoms with E-state index in [0.29, 0.717) is 12.5 Å². The first-order valence-electron chi connectivity index (χ1n) is 10.8. The van der Waals surface area contributed by atoms with Crippen LogP contribution >= 0.6 is 0 Å². The summed E-state index contributed by atoms with van der Waals surface area (Å²) < 4.78 is 0. The molecule has 0 spiro atoms. The molecule has 0 heterocycles. The van der Waals surface area contributed by atoms with Crippen molar-refractivity contribution in [3.05, 3.63) is 71.8 Å². The molecule has 2 rings (SSSR count). The summed E-state index contributed by atoms with van der Waals surface area (Å²) in [6.45, 7) is 6.61. The predicted molar refractivity (Wildman–Crippen MR) is 120 cm³/mol. The van der Waals surface area contributed by atoms with Crippen LogP contribution in [0.25, 0.3) is 0 Å². The molecule has 0 saturated carbocycles. The lowest BCUT2D eigenvalue weighted by Gasteiger charge is -2.29. The highest BCUT2D eigenvalue weighted by Gasteiger charge is 2.23. The Hall–Kier alpha value is -2.17. The van der Waals surface area contributed by atoms with E-state index in [0.717, 1.165) is 24.8 Å². The third-order valence-corrected chi connectivity index (χ3v) is 5.57. The van der Waals surface area contributed by atoms with Gasteiger partial charge in [0.25, 0.3) is 0 Å². The third-order valence-electron chi connectivity index (χ3n) is 5.57. The molecule has 3 atom stereocenters.